The number of nitrogens with one attached hydrogen (secondary N) is 1. The van der Waals surface area contributed by atoms with E-state index in [9.17, 15) is 14.4 Å². The Morgan fingerprint density at radius 1 is 1.11 bits per heavy atom. The molecule has 0 aliphatic carbocycles. The zero-order valence-electron chi connectivity index (χ0n) is 15.9. The molecule has 0 radical (unpaired) electrons. The van der Waals surface area contributed by atoms with E-state index in [2.05, 4.69) is 5.32 Å². The second-order valence-electron chi connectivity index (χ2n) is 6.64. The zero-order chi connectivity index (χ0) is 20.5. The topological polar surface area (TPSA) is 72.5 Å². The van der Waals surface area contributed by atoms with Crippen LogP contribution in [0.2, 0.25) is 5.02 Å². The lowest BCUT2D eigenvalue weighted by Crippen LogP contribution is -2.31. The second kappa shape index (κ2) is 11.0. The highest BCUT2D eigenvalue weighted by atomic mass is 35.5. The number of halogens is 1. The van der Waals surface area contributed by atoms with Gasteiger partial charge in [-0.15, -0.1) is 11.3 Å². The van der Waals surface area contributed by atoms with E-state index in [-0.39, 0.29) is 30.6 Å². The molecule has 150 valence electrons. The predicted octanol–water partition coefficient (Wildman–Crippen LogP) is 4.95. The maximum Gasteiger partial charge on any atom is 0.308 e. The largest absolute Gasteiger partial charge is 0.463 e. The van der Waals surface area contributed by atoms with Crippen molar-refractivity contribution in [3.63, 3.8) is 0 Å². The van der Waals surface area contributed by atoms with Gasteiger partial charge in [0.2, 0.25) is 5.91 Å². The number of ether oxygens (including phenoxy) is 1. The Labute approximate surface area is 174 Å². The number of benzene rings is 1. The number of carbonyl (C=O) groups excluding carboxylic acids is 3. The summed E-state index contributed by atoms with van der Waals surface area (Å²) < 4.78 is 5.20. The molecule has 1 heterocycles. The van der Waals surface area contributed by atoms with Crippen molar-refractivity contribution in [2.75, 3.05) is 0 Å². The number of hydrogen-bond acceptors (Lipinski definition) is 5. The van der Waals surface area contributed by atoms with Gasteiger partial charge in [0.25, 0.3) is 0 Å². The van der Waals surface area contributed by atoms with Crippen LogP contribution in [0, 0.1) is 0 Å². The molecule has 7 heteroatoms. The third kappa shape index (κ3) is 7.09. The fourth-order valence-corrected chi connectivity index (χ4v) is 3.67. The van der Waals surface area contributed by atoms with Gasteiger partial charge < -0.3 is 10.1 Å². The van der Waals surface area contributed by atoms with E-state index < -0.39 is 12.0 Å². The van der Waals surface area contributed by atoms with Gasteiger partial charge in [-0.3, -0.25) is 14.4 Å². The van der Waals surface area contributed by atoms with E-state index in [1.54, 1.807) is 44.2 Å². The lowest BCUT2D eigenvalue weighted by Gasteiger charge is -2.20. The number of thiophene rings is 1. The maximum absolute atomic E-state index is 12.4. The molecule has 0 aliphatic rings. The number of esters is 1. The predicted molar refractivity (Wildman–Crippen MR) is 111 cm³/mol. The highest BCUT2D eigenvalue weighted by molar-refractivity contribution is 7.12. The van der Waals surface area contributed by atoms with Gasteiger partial charge in [-0.2, -0.15) is 0 Å². The molecule has 0 saturated heterocycles. The van der Waals surface area contributed by atoms with Crippen LogP contribution in [-0.4, -0.2) is 23.8 Å². The van der Waals surface area contributed by atoms with Gasteiger partial charge in [-0.1, -0.05) is 35.9 Å². The number of rotatable bonds is 10. The monoisotopic (exact) mass is 421 g/mol. The van der Waals surface area contributed by atoms with Crippen LogP contribution in [0.1, 0.15) is 60.8 Å². The van der Waals surface area contributed by atoms with E-state index in [0.717, 1.165) is 0 Å². The molecule has 0 saturated carbocycles. The number of amides is 1. The van der Waals surface area contributed by atoms with Gasteiger partial charge in [-0.05, 0) is 43.3 Å². The Morgan fingerprint density at radius 3 is 2.50 bits per heavy atom. The molecular formula is C21H24ClNO4S. The summed E-state index contributed by atoms with van der Waals surface area (Å²) in [5.41, 5.74) is 0.660. The first-order chi connectivity index (χ1) is 13.4. The fourth-order valence-electron chi connectivity index (χ4n) is 2.71. The van der Waals surface area contributed by atoms with E-state index in [1.807, 2.05) is 11.4 Å². The summed E-state index contributed by atoms with van der Waals surface area (Å²) in [6, 6.07) is 10.1. The van der Waals surface area contributed by atoms with Gasteiger partial charge in [0.15, 0.2) is 5.78 Å². The minimum absolute atomic E-state index is 0.0121. The fraction of sp³-hybridized carbons (Fsp3) is 0.381. The standard InChI is InChI=1S/C21H24ClNO4S/c1-14(2)27-21(26)13-17(15-7-3-4-8-16(15)22)23-20(25)11-5-9-18(24)19-10-6-12-28-19/h3-4,6-8,10,12,14,17H,5,9,11,13H2,1-2H3,(H,23,25). The van der Waals surface area contributed by atoms with E-state index >= 15 is 0 Å². The van der Waals surface area contributed by atoms with Gasteiger partial charge in [-0.25, -0.2) is 0 Å². The van der Waals surface area contributed by atoms with Crippen molar-refractivity contribution >= 4 is 40.6 Å². The Balaban J connectivity index is 1.95. The first kappa shape index (κ1) is 22.1. The van der Waals surface area contributed by atoms with Crippen molar-refractivity contribution in [1.29, 1.82) is 0 Å². The molecule has 28 heavy (non-hydrogen) atoms. The highest BCUT2D eigenvalue weighted by Crippen LogP contribution is 2.26. The molecule has 5 nitrogen and oxygen atoms in total. The number of hydrogen-bond donors (Lipinski definition) is 1. The number of ketones is 1. The Morgan fingerprint density at radius 2 is 1.86 bits per heavy atom. The molecule has 0 bridgehead atoms. The second-order valence-corrected chi connectivity index (χ2v) is 7.99. The summed E-state index contributed by atoms with van der Waals surface area (Å²) in [6.07, 6.45) is 0.686. The molecule has 1 unspecified atom stereocenters. The summed E-state index contributed by atoms with van der Waals surface area (Å²) in [5, 5.41) is 5.18. The molecule has 2 rings (SSSR count). The SMILES string of the molecule is CC(C)OC(=O)CC(NC(=O)CCCC(=O)c1cccs1)c1ccccc1Cl. The van der Waals surface area contributed by atoms with Crippen molar-refractivity contribution in [1.82, 2.24) is 5.32 Å². The van der Waals surface area contributed by atoms with Crippen molar-refractivity contribution < 1.29 is 19.1 Å². The summed E-state index contributed by atoms with van der Waals surface area (Å²) in [4.78, 5) is 37.2. The van der Waals surface area contributed by atoms with Crippen molar-refractivity contribution in [3.8, 4) is 0 Å². The molecule has 0 aliphatic heterocycles. The van der Waals surface area contributed by atoms with Crippen LogP contribution in [0.3, 0.4) is 0 Å². The van der Waals surface area contributed by atoms with Crippen LogP contribution >= 0.6 is 22.9 Å². The van der Waals surface area contributed by atoms with Crippen molar-refractivity contribution in [2.24, 2.45) is 0 Å². The highest BCUT2D eigenvalue weighted by Gasteiger charge is 2.22. The maximum atomic E-state index is 12.4. The summed E-state index contributed by atoms with van der Waals surface area (Å²) >= 11 is 7.64. The molecule has 1 atom stereocenters. The van der Waals surface area contributed by atoms with Crippen molar-refractivity contribution in [2.45, 2.75) is 51.7 Å². The lowest BCUT2D eigenvalue weighted by molar-refractivity contribution is -0.148. The van der Waals surface area contributed by atoms with Crippen LogP contribution in [0.5, 0.6) is 0 Å². The van der Waals surface area contributed by atoms with E-state index in [0.29, 0.717) is 28.3 Å². The van der Waals surface area contributed by atoms with Crippen LogP contribution in [0.25, 0.3) is 0 Å². The molecule has 1 amide bonds. The molecule has 1 aromatic heterocycles. The molecule has 0 spiro atoms. The third-order valence-corrected chi connectivity index (χ3v) is 5.21. The van der Waals surface area contributed by atoms with Crippen LogP contribution in [-0.2, 0) is 14.3 Å². The average Bonchev–Trinajstić information content (AvgIpc) is 3.15. The van der Waals surface area contributed by atoms with Gasteiger partial charge in [0.1, 0.15) is 0 Å². The molecule has 1 aromatic carbocycles. The van der Waals surface area contributed by atoms with E-state index in [1.165, 1.54) is 11.3 Å². The Kier molecular flexibility index (Phi) is 8.67. The quantitative estimate of drug-likeness (QED) is 0.435. The average molecular weight is 422 g/mol. The smallest absolute Gasteiger partial charge is 0.308 e. The lowest BCUT2D eigenvalue weighted by atomic mass is 10.0. The molecule has 2 aromatic rings. The van der Waals surface area contributed by atoms with E-state index in [4.69, 9.17) is 16.3 Å². The van der Waals surface area contributed by atoms with Gasteiger partial charge in [0.05, 0.1) is 23.4 Å². The molecular weight excluding hydrogens is 398 g/mol. The van der Waals surface area contributed by atoms with Crippen LogP contribution < -0.4 is 5.32 Å². The first-order valence-corrected chi connectivity index (χ1v) is 10.4. The molecule has 0 fully saturated rings. The summed E-state index contributed by atoms with van der Waals surface area (Å²) in [6.45, 7) is 3.54. The zero-order valence-corrected chi connectivity index (χ0v) is 17.5. The van der Waals surface area contributed by atoms with Crippen molar-refractivity contribution in [3.05, 3.63) is 57.2 Å². The number of carbonyl (C=O) groups is 3. The first-order valence-electron chi connectivity index (χ1n) is 9.16. The third-order valence-electron chi connectivity index (χ3n) is 3.96. The summed E-state index contributed by atoms with van der Waals surface area (Å²) in [5.74, 6) is -0.611. The van der Waals surface area contributed by atoms with Crippen LogP contribution in [0.4, 0.5) is 0 Å². The van der Waals surface area contributed by atoms with Crippen LogP contribution in [0.15, 0.2) is 41.8 Å². The number of Topliss-reactive ketones (excluding diaryl/α,β-unsaturated/α-hetero) is 1. The Hall–Kier alpha value is -2.18. The Bertz CT molecular complexity index is 804. The molecule has 1 N–H and O–H groups in total. The minimum Gasteiger partial charge on any atom is -0.463 e. The van der Waals surface area contributed by atoms with Gasteiger partial charge >= 0.3 is 5.97 Å². The minimum atomic E-state index is -0.583. The summed E-state index contributed by atoms with van der Waals surface area (Å²) in [7, 11) is 0. The van der Waals surface area contributed by atoms with Gasteiger partial charge in [0, 0.05) is 17.9 Å². The normalized spacial score (nSPS) is 11.9.